The number of unbranched alkanes of at least 4 members (excludes halogenated alkanes) is 38. The van der Waals surface area contributed by atoms with Gasteiger partial charge in [-0.25, -0.2) is 0 Å². The Kier molecular flexibility index (Phi) is 50.7. The van der Waals surface area contributed by atoms with Crippen molar-refractivity contribution in [2.45, 2.75) is 302 Å². The highest BCUT2D eigenvalue weighted by Crippen LogP contribution is 2.38. The molecule has 0 aromatic rings. The highest BCUT2D eigenvalue weighted by molar-refractivity contribution is 7.45. The van der Waals surface area contributed by atoms with E-state index in [1.807, 2.05) is 27.2 Å². The monoisotopic (exact) mass is 993 g/mol. The van der Waals surface area contributed by atoms with Gasteiger partial charge in [0.25, 0.3) is 7.82 Å². The molecule has 0 aliphatic carbocycles. The van der Waals surface area contributed by atoms with Crippen molar-refractivity contribution in [3.05, 3.63) is 36.5 Å². The number of quaternary nitrogens is 1. The van der Waals surface area contributed by atoms with Crippen LogP contribution in [0.15, 0.2) is 36.5 Å². The second-order valence-corrected chi connectivity index (χ2v) is 23.1. The zero-order valence-electron chi connectivity index (χ0n) is 46.5. The Bertz CT molecular complexity index is 1220. The van der Waals surface area contributed by atoms with E-state index in [-0.39, 0.29) is 12.5 Å². The molecule has 408 valence electrons. The lowest BCUT2D eigenvalue weighted by molar-refractivity contribution is -0.870. The van der Waals surface area contributed by atoms with Crippen LogP contribution in [0, 0.1) is 0 Å². The molecule has 0 bridgehead atoms. The number of allylic oxidation sites excluding steroid dienone is 5. The maximum Gasteiger partial charge on any atom is 0.268 e. The predicted octanol–water partition coefficient (Wildman–Crippen LogP) is 17.5. The van der Waals surface area contributed by atoms with E-state index in [2.05, 4.69) is 43.5 Å². The Hall–Kier alpha value is -1.28. The number of amides is 1. The summed E-state index contributed by atoms with van der Waals surface area (Å²) in [6.07, 6.45) is 66.6. The first kappa shape index (κ1) is 67.7. The predicted molar refractivity (Wildman–Crippen MR) is 298 cm³/mol. The molecule has 69 heavy (non-hydrogen) atoms. The van der Waals surface area contributed by atoms with E-state index in [9.17, 15) is 19.4 Å². The highest BCUT2D eigenvalue weighted by atomic mass is 31.2. The normalized spacial score (nSPS) is 14.1. The number of aliphatic hydroxyl groups excluding tert-OH is 1. The first-order valence-electron chi connectivity index (χ1n) is 29.9. The maximum atomic E-state index is 13.0. The fourth-order valence-electron chi connectivity index (χ4n) is 8.89. The summed E-state index contributed by atoms with van der Waals surface area (Å²) >= 11 is 0. The van der Waals surface area contributed by atoms with Crippen LogP contribution in [0.1, 0.15) is 290 Å². The SMILES string of the molecule is CCCCCCCCCCCCCCCCC/C=C/CC/C=C/CC/C=C/C(O)C(COP(=O)([O-])OCC[N+](C)(C)C)NC(=O)CCCCCCCCCCCCCCCCCCCCCCCC. The highest BCUT2D eigenvalue weighted by Gasteiger charge is 2.23. The number of nitrogens with zero attached hydrogens (tertiary/aromatic N) is 1. The van der Waals surface area contributed by atoms with Crippen molar-refractivity contribution in [3.8, 4) is 0 Å². The molecule has 0 heterocycles. The second kappa shape index (κ2) is 51.6. The van der Waals surface area contributed by atoms with E-state index in [1.54, 1.807) is 6.08 Å². The topological polar surface area (TPSA) is 108 Å². The second-order valence-electron chi connectivity index (χ2n) is 21.7. The van der Waals surface area contributed by atoms with Gasteiger partial charge in [-0.1, -0.05) is 275 Å². The molecule has 0 saturated heterocycles. The molecule has 3 atom stereocenters. The van der Waals surface area contributed by atoms with Crippen LogP contribution in [0.25, 0.3) is 0 Å². The summed E-state index contributed by atoms with van der Waals surface area (Å²) in [6, 6.07) is -0.908. The molecule has 0 aliphatic heterocycles. The van der Waals surface area contributed by atoms with E-state index in [4.69, 9.17) is 9.05 Å². The molecule has 3 unspecified atom stereocenters. The molecule has 0 radical (unpaired) electrons. The Labute approximate surface area is 429 Å². The quantitative estimate of drug-likeness (QED) is 0.0272. The summed E-state index contributed by atoms with van der Waals surface area (Å²) in [5.41, 5.74) is 0. The minimum absolute atomic E-state index is 0.00730. The Morgan fingerprint density at radius 1 is 0.493 bits per heavy atom. The van der Waals surface area contributed by atoms with Gasteiger partial charge in [-0.2, -0.15) is 0 Å². The number of hydrogen-bond donors (Lipinski definition) is 2. The molecule has 9 heteroatoms. The van der Waals surface area contributed by atoms with Crippen molar-refractivity contribution < 1.29 is 32.9 Å². The number of carbonyl (C=O) groups is 1. The first-order chi connectivity index (χ1) is 33.5. The van der Waals surface area contributed by atoms with E-state index >= 15 is 0 Å². The van der Waals surface area contributed by atoms with E-state index < -0.39 is 26.6 Å². The number of likely N-dealkylation sites (N-methyl/N-ethyl adjacent to an activating group) is 1. The van der Waals surface area contributed by atoms with Gasteiger partial charge in [0.2, 0.25) is 5.91 Å². The van der Waals surface area contributed by atoms with Gasteiger partial charge in [0.15, 0.2) is 0 Å². The molecule has 0 aromatic heterocycles. The van der Waals surface area contributed by atoms with Crippen LogP contribution in [0.5, 0.6) is 0 Å². The molecule has 0 saturated carbocycles. The molecule has 0 spiro atoms. The Balaban J connectivity index is 4.25. The van der Waals surface area contributed by atoms with Gasteiger partial charge in [0.1, 0.15) is 13.2 Å². The van der Waals surface area contributed by atoms with Crippen LogP contribution < -0.4 is 10.2 Å². The van der Waals surface area contributed by atoms with Gasteiger partial charge >= 0.3 is 0 Å². The van der Waals surface area contributed by atoms with E-state index in [0.29, 0.717) is 17.4 Å². The van der Waals surface area contributed by atoms with Crippen molar-refractivity contribution in [2.24, 2.45) is 0 Å². The molecule has 0 aliphatic rings. The minimum Gasteiger partial charge on any atom is -0.756 e. The lowest BCUT2D eigenvalue weighted by Crippen LogP contribution is -2.45. The standard InChI is InChI=1S/C60H117N2O6P/c1-6-8-10-12-14-16-18-20-22-24-26-28-30-31-32-33-35-37-39-41-43-45-47-49-51-53-59(63)58(57-68-69(65,66)67-56-55-62(3,4)5)61-60(64)54-52-50-48-46-44-42-40-38-36-34-29-27-25-23-21-19-17-15-13-11-9-7-2/h35,37,43,45,51,53,58-59,63H,6-34,36,38-42,44,46-50,52,54-57H2,1-5H3,(H-,61,64,65,66)/b37-35+,45-43+,53-51+. The number of phosphoric acid groups is 1. The summed E-state index contributed by atoms with van der Waals surface area (Å²) in [4.78, 5) is 25.5. The van der Waals surface area contributed by atoms with Crippen LogP contribution in [-0.4, -0.2) is 68.5 Å². The van der Waals surface area contributed by atoms with Gasteiger partial charge in [-0.05, 0) is 44.9 Å². The average Bonchev–Trinajstić information content (AvgIpc) is 3.31. The molecule has 8 nitrogen and oxygen atoms in total. The van der Waals surface area contributed by atoms with Crippen molar-refractivity contribution in [2.75, 3.05) is 40.9 Å². The lowest BCUT2D eigenvalue weighted by atomic mass is 10.0. The molecular weight excluding hydrogens is 876 g/mol. The van der Waals surface area contributed by atoms with Crippen LogP contribution >= 0.6 is 7.82 Å². The maximum absolute atomic E-state index is 13.0. The van der Waals surface area contributed by atoms with Gasteiger partial charge in [0.05, 0.1) is 39.9 Å². The minimum atomic E-state index is -4.61. The Morgan fingerprint density at radius 3 is 1.17 bits per heavy atom. The first-order valence-corrected chi connectivity index (χ1v) is 31.3. The summed E-state index contributed by atoms with van der Waals surface area (Å²) < 4.78 is 23.3. The van der Waals surface area contributed by atoms with Crippen LogP contribution in [0.2, 0.25) is 0 Å². The molecule has 0 aromatic carbocycles. The lowest BCUT2D eigenvalue weighted by Gasteiger charge is -2.29. The third kappa shape index (κ3) is 54.3. The van der Waals surface area contributed by atoms with Gasteiger partial charge in [-0.15, -0.1) is 0 Å². The molecule has 0 fully saturated rings. The van der Waals surface area contributed by atoms with Crippen LogP contribution in [0.4, 0.5) is 0 Å². The number of hydrogen-bond acceptors (Lipinski definition) is 6. The molecule has 2 N–H and O–H groups in total. The third-order valence-corrected chi connectivity index (χ3v) is 14.5. The average molecular weight is 994 g/mol. The van der Waals surface area contributed by atoms with Gasteiger partial charge < -0.3 is 28.8 Å². The number of phosphoric ester groups is 1. The van der Waals surface area contributed by atoms with Gasteiger partial charge in [-0.3, -0.25) is 9.36 Å². The molecule has 0 rings (SSSR count). The summed E-state index contributed by atoms with van der Waals surface area (Å²) in [7, 11) is 1.25. The fraction of sp³-hybridized carbons (Fsp3) is 0.883. The Morgan fingerprint density at radius 2 is 0.812 bits per heavy atom. The van der Waals surface area contributed by atoms with Gasteiger partial charge in [0, 0.05) is 6.42 Å². The zero-order chi connectivity index (χ0) is 50.6. The number of carbonyl (C=O) groups excluding carboxylic acids is 1. The number of aliphatic hydroxyl groups is 1. The fourth-order valence-corrected chi connectivity index (χ4v) is 9.62. The van der Waals surface area contributed by atoms with Crippen molar-refractivity contribution in [1.29, 1.82) is 0 Å². The number of rotatable bonds is 55. The molecular formula is C60H117N2O6P. The van der Waals surface area contributed by atoms with E-state index in [0.717, 1.165) is 44.9 Å². The molecule has 1 amide bonds. The van der Waals surface area contributed by atoms with Crippen LogP contribution in [-0.2, 0) is 18.4 Å². The summed E-state index contributed by atoms with van der Waals surface area (Å²) in [5, 5.41) is 13.9. The third-order valence-electron chi connectivity index (χ3n) is 13.6. The zero-order valence-corrected chi connectivity index (χ0v) is 47.4. The summed E-state index contributed by atoms with van der Waals surface area (Å²) in [5.74, 6) is -0.206. The smallest absolute Gasteiger partial charge is 0.268 e. The summed E-state index contributed by atoms with van der Waals surface area (Å²) in [6.45, 7) is 4.66. The van der Waals surface area contributed by atoms with E-state index in [1.165, 1.54) is 225 Å². The van der Waals surface area contributed by atoms with Crippen molar-refractivity contribution in [3.63, 3.8) is 0 Å². The van der Waals surface area contributed by atoms with Crippen LogP contribution in [0.3, 0.4) is 0 Å². The van der Waals surface area contributed by atoms with Crippen molar-refractivity contribution >= 4 is 13.7 Å². The van der Waals surface area contributed by atoms with Crippen molar-refractivity contribution in [1.82, 2.24) is 5.32 Å². The number of nitrogens with one attached hydrogen (secondary N) is 1. The largest absolute Gasteiger partial charge is 0.756 e.